The van der Waals surface area contributed by atoms with Gasteiger partial charge in [-0.05, 0) is 31.0 Å². The molecular weight excluding hydrogens is 346 g/mol. The third kappa shape index (κ3) is 2.54. The number of fused-ring (bicyclic) bond motifs is 5. The van der Waals surface area contributed by atoms with Crippen LogP contribution < -0.4 is 10.5 Å². The fourth-order valence-electron chi connectivity index (χ4n) is 4.19. The lowest BCUT2D eigenvalue weighted by Gasteiger charge is -2.33. The van der Waals surface area contributed by atoms with Crippen LogP contribution in [0.15, 0.2) is 34.6 Å². The lowest BCUT2D eigenvalue weighted by molar-refractivity contribution is 0.250. The van der Waals surface area contributed by atoms with Gasteiger partial charge in [-0.2, -0.15) is 0 Å². The monoisotopic (exact) mass is 367 g/mol. The van der Waals surface area contributed by atoms with Crippen molar-refractivity contribution in [1.29, 1.82) is 0 Å². The molecule has 1 aromatic carbocycles. The molecule has 0 aliphatic carbocycles. The Kier molecular flexibility index (Phi) is 3.79. The van der Waals surface area contributed by atoms with Gasteiger partial charge in [-0.3, -0.25) is 9.36 Å². The van der Waals surface area contributed by atoms with Gasteiger partial charge >= 0.3 is 0 Å². The highest BCUT2D eigenvalue weighted by Gasteiger charge is 2.29. The van der Waals surface area contributed by atoms with Crippen LogP contribution in [0.5, 0.6) is 0 Å². The third-order valence-electron chi connectivity index (χ3n) is 5.67. The zero-order valence-corrected chi connectivity index (χ0v) is 15.6. The number of hydrogen-bond donors (Lipinski definition) is 0. The molecule has 3 aromatic rings. The first-order valence-electron chi connectivity index (χ1n) is 9.10. The molecular formula is C19H21N5OS. The van der Waals surface area contributed by atoms with Crippen molar-refractivity contribution >= 4 is 27.9 Å². The fraction of sp³-hybridized carbons (Fsp3) is 0.421. The zero-order valence-electron chi connectivity index (χ0n) is 14.8. The average molecular weight is 367 g/mol. The van der Waals surface area contributed by atoms with Crippen LogP contribution in [-0.4, -0.2) is 51.7 Å². The minimum atomic E-state index is -0.00933. The third-order valence-corrected chi connectivity index (χ3v) is 6.44. The molecule has 6 nitrogen and oxygen atoms in total. The number of nitrogens with zero attached hydrogens (tertiary/aromatic N) is 5. The molecule has 0 atom stereocenters. The number of thiazole rings is 1. The Morgan fingerprint density at radius 3 is 2.77 bits per heavy atom. The molecule has 2 bridgehead atoms. The van der Waals surface area contributed by atoms with Crippen molar-refractivity contribution in [2.24, 2.45) is 7.05 Å². The molecule has 5 heterocycles. The number of aromatic nitrogens is 3. The van der Waals surface area contributed by atoms with Gasteiger partial charge in [0.1, 0.15) is 0 Å². The van der Waals surface area contributed by atoms with Crippen LogP contribution in [0.25, 0.3) is 21.7 Å². The topological polar surface area (TPSA) is 54.3 Å². The van der Waals surface area contributed by atoms with Crippen LogP contribution in [0, 0.1) is 0 Å². The van der Waals surface area contributed by atoms with E-state index in [0.717, 1.165) is 29.3 Å². The Morgan fingerprint density at radius 2 is 2.00 bits per heavy atom. The van der Waals surface area contributed by atoms with E-state index in [9.17, 15) is 4.79 Å². The van der Waals surface area contributed by atoms with Gasteiger partial charge in [0.25, 0.3) is 5.56 Å². The molecule has 26 heavy (non-hydrogen) atoms. The molecule has 7 heteroatoms. The molecule has 3 aliphatic heterocycles. The van der Waals surface area contributed by atoms with Gasteiger partial charge in [0.2, 0.25) is 0 Å². The summed E-state index contributed by atoms with van der Waals surface area (Å²) in [5, 5.41) is 3.36. The molecule has 6 rings (SSSR count). The second-order valence-electron chi connectivity index (χ2n) is 7.10. The van der Waals surface area contributed by atoms with E-state index >= 15 is 0 Å². The van der Waals surface area contributed by atoms with Crippen LogP contribution in [-0.2, 0) is 7.05 Å². The predicted octanol–water partition coefficient (Wildman–Crippen LogP) is 2.34. The largest absolute Gasteiger partial charge is 0.367 e. The average Bonchev–Trinajstić information content (AvgIpc) is 3.04. The Hall–Kier alpha value is -2.25. The molecule has 0 amide bonds. The number of benzene rings is 1. The number of hydrogen-bond acceptors (Lipinski definition) is 6. The maximum Gasteiger partial charge on any atom is 0.261 e. The molecule has 0 radical (unpaired) electrons. The SMILES string of the molecule is Cn1c(-c2nccs2)nc2ccc(N3CCN4CCC3CC4)cc2c1=O. The van der Waals surface area contributed by atoms with E-state index in [0.29, 0.717) is 17.3 Å². The highest BCUT2D eigenvalue weighted by atomic mass is 32.1. The van der Waals surface area contributed by atoms with Gasteiger partial charge in [-0.25, -0.2) is 9.97 Å². The summed E-state index contributed by atoms with van der Waals surface area (Å²) in [7, 11) is 1.78. The van der Waals surface area contributed by atoms with Crippen LogP contribution in [0.2, 0.25) is 0 Å². The molecule has 3 aliphatic rings. The normalized spacial score (nSPS) is 22.7. The highest BCUT2D eigenvalue weighted by molar-refractivity contribution is 7.13. The van der Waals surface area contributed by atoms with E-state index in [4.69, 9.17) is 4.98 Å². The lowest BCUT2D eigenvalue weighted by atomic mass is 10.0. The van der Waals surface area contributed by atoms with E-state index in [1.165, 1.54) is 37.3 Å². The van der Waals surface area contributed by atoms with Crippen molar-refractivity contribution < 1.29 is 0 Å². The molecule has 0 unspecified atom stereocenters. The van der Waals surface area contributed by atoms with E-state index in [-0.39, 0.29) is 5.56 Å². The first-order chi connectivity index (χ1) is 12.7. The summed E-state index contributed by atoms with van der Waals surface area (Å²) in [5.41, 5.74) is 1.88. The molecule has 3 fully saturated rings. The number of anilines is 1. The molecule has 0 saturated carbocycles. The van der Waals surface area contributed by atoms with Crippen LogP contribution in [0.3, 0.4) is 0 Å². The summed E-state index contributed by atoms with van der Waals surface area (Å²) in [6.45, 7) is 4.51. The van der Waals surface area contributed by atoms with Gasteiger partial charge < -0.3 is 9.80 Å². The van der Waals surface area contributed by atoms with E-state index in [1.807, 2.05) is 17.5 Å². The van der Waals surface area contributed by atoms with Crippen molar-refractivity contribution in [2.75, 3.05) is 31.1 Å². The standard InChI is InChI=1S/C19H21N5OS/c1-22-17(18-20-6-11-26-18)21-16-3-2-14(12-15(16)19(22)25)24-10-9-23-7-4-13(24)5-8-23/h2-3,6,11-13H,4-5,7-10H2,1H3. The maximum atomic E-state index is 13.0. The van der Waals surface area contributed by atoms with Crippen molar-refractivity contribution in [3.05, 3.63) is 40.1 Å². The predicted molar refractivity (Wildman–Crippen MR) is 105 cm³/mol. The van der Waals surface area contributed by atoms with Crippen LogP contribution in [0.4, 0.5) is 5.69 Å². The summed E-state index contributed by atoms with van der Waals surface area (Å²) in [4.78, 5) is 27.0. The van der Waals surface area contributed by atoms with Crippen molar-refractivity contribution in [3.63, 3.8) is 0 Å². The van der Waals surface area contributed by atoms with Gasteiger partial charge in [0.15, 0.2) is 10.8 Å². The zero-order chi connectivity index (χ0) is 17.7. The van der Waals surface area contributed by atoms with Gasteiger partial charge in [-0.1, -0.05) is 0 Å². The minimum absolute atomic E-state index is 0.00933. The Balaban J connectivity index is 1.61. The Bertz CT molecular complexity index is 1000. The van der Waals surface area contributed by atoms with E-state index < -0.39 is 0 Å². The maximum absolute atomic E-state index is 13.0. The van der Waals surface area contributed by atoms with E-state index in [1.54, 1.807) is 17.8 Å². The number of piperidine rings is 1. The summed E-state index contributed by atoms with van der Waals surface area (Å²) >= 11 is 1.50. The van der Waals surface area contributed by atoms with Gasteiger partial charge in [0, 0.05) is 56.5 Å². The Labute approximate surface area is 155 Å². The highest BCUT2D eigenvalue weighted by Crippen LogP contribution is 2.29. The summed E-state index contributed by atoms with van der Waals surface area (Å²) in [5.74, 6) is 0.631. The molecule has 3 saturated heterocycles. The lowest BCUT2D eigenvalue weighted by Crippen LogP contribution is -2.38. The summed E-state index contributed by atoms with van der Waals surface area (Å²) < 4.78 is 1.62. The molecule has 0 N–H and O–H groups in total. The second kappa shape index (κ2) is 6.17. The molecule has 2 aromatic heterocycles. The van der Waals surface area contributed by atoms with Crippen molar-refractivity contribution in [3.8, 4) is 10.8 Å². The second-order valence-corrected chi connectivity index (χ2v) is 8.00. The van der Waals surface area contributed by atoms with Gasteiger partial charge in [-0.15, -0.1) is 11.3 Å². The molecule has 0 spiro atoms. The first-order valence-corrected chi connectivity index (χ1v) is 9.98. The Morgan fingerprint density at radius 1 is 1.15 bits per heavy atom. The molecule has 134 valence electrons. The summed E-state index contributed by atoms with van der Waals surface area (Å²) in [6.07, 6.45) is 4.15. The smallest absolute Gasteiger partial charge is 0.261 e. The fourth-order valence-corrected chi connectivity index (χ4v) is 4.85. The van der Waals surface area contributed by atoms with Gasteiger partial charge in [0.05, 0.1) is 10.9 Å². The summed E-state index contributed by atoms with van der Waals surface area (Å²) in [6, 6.07) is 6.72. The quantitative estimate of drug-likeness (QED) is 0.696. The van der Waals surface area contributed by atoms with Crippen LogP contribution in [0.1, 0.15) is 12.8 Å². The minimum Gasteiger partial charge on any atom is -0.367 e. The van der Waals surface area contributed by atoms with Crippen molar-refractivity contribution in [2.45, 2.75) is 18.9 Å². The number of rotatable bonds is 2. The van der Waals surface area contributed by atoms with Crippen LogP contribution >= 0.6 is 11.3 Å². The van der Waals surface area contributed by atoms with Crippen molar-refractivity contribution in [1.82, 2.24) is 19.4 Å². The van der Waals surface area contributed by atoms with E-state index in [2.05, 4.69) is 20.9 Å². The first kappa shape index (κ1) is 16.0.